The van der Waals surface area contributed by atoms with E-state index in [2.05, 4.69) is 4.98 Å². The van der Waals surface area contributed by atoms with E-state index in [0.717, 1.165) is 12.0 Å². The highest BCUT2D eigenvalue weighted by Gasteiger charge is 2.36. The van der Waals surface area contributed by atoms with Gasteiger partial charge in [-0.15, -0.1) is 0 Å². The molecule has 2 heterocycles. The van der Waals surface area contributed by atoms with Crippen LogP contribution < -0.4 is 0 Å². The lowest BCUT2D eigenvalue weighted by atomic mass is 9.94. The number of hydrogen-bond acceptors (Lipinski definition) is 3. The first-order chi connectivity index (χ1) is 10.1. The number of carbonyl (C=O) groups is 1. The summed E-state index contributed by atoms with van der Waals surface area (Å²) in [4.78, 5) is 18.4. The van der Waals surface area contributed by atoms with Crippen LogP contribution in [0, 0.1) is 5.82 Å². The molecule has 0 N–H and O–H groups in total. The number of benzene rings is 1. The third-order valence-electron chi connectivity index (χ3n) is 3.86. The van der Waals surface area contributed by atoms with E-state index >= 15 is 0 Å². The molecule has 1 atom stereocenters. The van der Waals surface area contributed by atoms with Crippen LogP contribution in [-0.2, 0) is 0 Å². The van der Waals surface area contributed by atoms with Crippen LogP contribution in [0.3, 0.4) is 0 Å². The van der Waals surface area contributed by atoms with Crippen LogP contribution in [0.25, 0.3) is 0 Å². The van der Waals surface area contributed by atoms with Crippen LogP contribution in [0.2, 0.25) is 0 Å². The zero-order valence-corrected chi connectivity index (χ0v) is 12.0. The van der Waals surface area contributed by atoms with E-state index in [1.165, 1.54) is 18.5 Å². The average molecular weight is 288 g/mol. The van der Waals surface area contributed by atoms with E-state index in [0.29, 0.717) is 18.0 Å². The molecule has 5 heteroatoms. The van der Waals surface area contributed by atoms with Crippen LogP contribution in [0.4, 0.5) is 4.39 Å². The van der Waals surface area contributed by atoms with Crippen LogP contribution in [0.15, 0.2) is 35.1 Å². The van der Waals surface area contributed by atoms with Crippen molar-refractivity contribution in [3.05, 3.63) is 53.5 Å². The lowest BCUT2D eigenvalue weighted by Crippen LogP contribution is -2.45. The van der Waals surface area contributed by atoms with E-state index in [9.17, 15) is 9.18 Å². The Balaban J connectivity index is 1.82. The number of amides is 1. The quantitative estimate of drug-likeness (QED) is 0.868. The second-order valence-electron chi connectivity index (χ2n) is 5.57. The fourth-order valence-electron chi connectivity index (χ4n) is 2.62. The number of likely N-dealkylation sites (tertiary alicyclic amines) is 1. The smallest absolute Gasteiger partial charge is 0.276 e. The van der Waals surface area contributed by atoms with Gasteiger partial charge in [-0.3, -0.25) is 4.79 Å². The molecule has 1 unspecified atom stereocenters. The standard InChI is InChI=1S/C16H17FN2O2/c1-10(2)15-14(18-9-21-15)16(20)19-8-7-13(19)11-3-5-12(17)6-4-11/h3-6,9-10,13H,7-8H2,1-2H3. The molecule has 110 valence electrons. The summed E-state index contributed by atoms with van der Waals surface area (Å²) in [5, 5.41) is 0. The normalized spacial score (nSPS) is 17.9. The van der Waals surface area contributed by atoms with E-state index in [1.54, 1.807) is 17.0 Å². The van der Waals surface area contributed by atoms with Gasteiger partial charge >= 0.3 is 0 Å². The Morgan fingerprint density at radius 1 is 1.38 bits per heavy atom. The van der Waals surface area contributed by atoms with Gasteiger partial charge in [-0.25, -0.2) is 9.37 Å². The molecule has 3 rings (SSSR count). The van der Waals surface area contributed by atoms with E-state index < -0.39 is 0 Å². The molecule has 0 bridgehead atoms. The summed E-state index contributed by atoms with van der Waals surface area (Å²) in [5.41, 5.74) is 1.34. The first kappa shape index (κ1) is 13.8. The summed E-state index contributed by atoms with van der Waals surface area (Å²) in [6, 6.07) is 6.30. The molecular weight excluding hydrogens is 271 g/mol. The maximum absolute atomic E-state index is 13.0. The van der Waals surface area contributed by atoms with Crippen LogP contribution in [0.1, 0.15) is 54.0 Å². The summed E-state index contributed by atoms with van der Waals surface area (Å²) in [7, 11) is 0. The third kappa shape index (κ3) is 2.44. The van der Waals surface area contributed by atoms with Crippen molar-refractivity contribution < 1.29 is 13.6 Å². The molecular formula is C16H17FN2O2. The number of aromatic nitrogens is 1. The predicted octanol–water partition coefficient (Wildman–Crippen LogP) is 3.52. The van der Waals surface area contributed by atoms with Gasteiger partial charge in [0.1, 0.15) is 11.6 Å². The van der Waals surface area contributed by atoms with Gasteiger partial charge in [0.25, 0.3) is 5.91 Å². The molecule has 0 radical (unpaired) electrons. The molecule has 1 aromatic heterocycles. The van der Waals surface area contributed by atoms with Gasteiger partial charge in [-0.05, 0) is 24.1 Å². The Bertz CT molecular complexity index is 649. The minimum atomic E-state index is -0.269. The van der Waals surface area contributed by atoms with Gasteiger partial charge in [-0.1, -0.05) is 26.0 Å². The maximum atomic E-state index is 13.0. The van der Waals surface area contributed by atoms with Crippen molar-refractivity contribution >= 4 is 5.91 Å². The molecule has 4 nitrogen and oxygen atoms in total. The largest absolute Gasteiger partial charge is 0.447 e. The number of carbonyl (C=O) groups excluding carboxylic acids is 1. The van der Waals surface area contributed by atoms with Crippen molar-refractivity contribution in [1.82, 2.24) is 9.88 Å². The van der Waals surface area contributed by atoms with Gasteiger partial charge in [0.15, 0.2) is 12.1 Å². The molecule has 0 saturated carbocycles. The summed E-state index contributed by atoms with van der Waals surface area (Å²) in [6.45, 7) is 4.61. The second kappa shape index (κ2) is 5.31. The minimum Gasteiger partial charge on any atom is -0.447 e. The van der Waals surface area contributed by atoms with Crippen molar-refractivity contribution in [2.75, 3.05) is 6.54 Å². The monoisotopic (exact) mass is 288 g/mol. The van der Waals surface area contributed by atoms with Gasteiger partial charge in [-0.2, -0.15) is 0 Å². The van der Waals surface area contributed by atoms with Crippen molar-refractivity contribution in [2.45, 2.75) is 32.2 Å². The molecule has 1 saturated heterocycles. The van der Waals surface area contributed by atoms with E-state index in [-0.39, 0.29) is 23.7 Å². The number of halogens is 1. The minimum absolute atomic E-state index is 0.00480. The van der Waals surface area contributed by atoms with E-state index in [1.807, 2.05) is 13.8 Å². The Morgan fingerprint density at radius 2 is 2.10 bits per heavy atom. The molecule has 1 aliphatic rings. The van der Waals surface area contributed by atoms with E-state index in [4.69, 9.17) is 4.42 Å². The topological polar surface area (TPSA) is 46.3 Å². The summed E-state index contributed by atoms with van der Waals surface area (Å²) >= 11 is 0. The molecule has 0 aliphatic carbocycles. The predicted molar refractivity (Wildman–Crippen MR) is 75.4 cm³/mol. The van der Waals surface area contributed by atoms with Crippen molar-refractivity contribution in [3.63, 3.8) is 0 Å². The lowest BCUT2D eigenvalue weighted by molar-refractivity contribution is 0.0452. The summed E-state index contributed by atoms with van der Waals surface area (Å²) in [5.74, 6) is 0.337. The summed E-state index contributed by atoms with van der Waals surface area (Å²) in [6.07, 6.45) is 2.20. The molecule has 1 amide bonds. The molecule has 1 fully saturated rings. The zero-order valence-electron chi connectivity index (χ0n) is 12.0. The molecule has 21 heavy (non-hydrogen) atoms. The van der Waals surface area contributed by atoms with Crippen molar-refractivity contribution in [2.24, 2.45) is 0 Å². The molecule has 0 spiro atoms. The first-order valence-corrected chi connectivity index (χ1v) is 7.07. The number of rotatable bonds is 3. The maximum Gasteiger partial charge on any atom is 0.276 e. The first-order valence-electron chi connectivity index (χ1n) is 7.07. The number of hydrogen-bond donors (Lipinski definition) is 0. The van der Waals surface area contributed by atoms with Crippen LogP contribution >= 0.6 is 0 Å². The number of oxazole rings is 1. The highest BCUT2D eigenvalue weighted by atomic mass is 19.1. The highest BCUT2D eigenvalue weighted by molar-refractivity contribution is 5.94. The Labute approximate surface area is 122 Å². The lowest BCUT2D eigenvalue weighted by Gasteiger charge is -2.41. The summed E-state index contributed by atoms with van der Waals surface area (Å²) < 4.78 is 18.3. The van der Waals surface area contributed by atoms with Crippen LogP contribution in [-0.4, -0.2) is 22.3 Å². The van der Waals surface area contributed by atoms with Crippen LogP contribution in [0.5, 0.6) is 0 Å². The fraction of sp³-hybridized carbons (Fsp3) is 0.375. The Morgan fingerprint density at radius 3 is 2.67 bits per heavy atom. The Hall–Kier alpha value is -2.17. The Kier molecular flexibility index (Phi) is 3.49. The third-order valence-corrected chi connectivity index (χ3v) is 3.86. The SMILES string of the molecule is CC(C)c1ocnc1C(=O)N1CCC1c1ccc(F)cc1. The van der Waals surface area contributed by atoms with Gasteiger partial charge in [0.2, 0.25) is 0 Å². The molecule has 1 aromatic carbocycles. The fourth-order valence-corrected chi connectivity index (χ4v) is 2.62. The highest BCUT2D eigenvalue weighted by Crippen LogP contribution is 2.35. The van der Waals surface area contributed by atoms with Gasteiger partial charge < -0.3 is 9.32 Å². The zero-order chi connectivity index (χ0) is 15.0. The van der Waals surface area contributed by atoms with Crippen molar-refractivity contribution in [1.29, 1.82) is 0 Å². The van der Waals surface area contributed by atoms with Gasteiger partial charge in [0, 0.05) is 12.5 Å². The number of nitrogens with zero attached hydrogens (tertiary/aromatic N) is 2. The van der Waals surface area contributed by atoms with Gasteiger partial charge in [0.05, 0.1) is 6.04 Å². The second-order valence-corrected chi connectivity index (χ2v) is 5.57. The average Bonchev–Trinajstić information content (AvgIpc) is 2.89. The molecule has 2 aromatic rings. The molecule has 1 aliphatic heterocycles. The van der Waals surface area contributed by atoms with Crippen molar-refractivity contribution in [3.8, 4) is 0 Å².